The van der Waals surface area contributed by atoms with Crippen molar-refractivity contribution in [3.05, 3.63) is 0 Å². The number of aliphatic hydroxyl groups excluding tert-OH is 2. The second kappa shape index (κ2) is 26.4. The number of amides is 5. The number of carbonyl (C=O) groups is 7. The smallest absolute Gasteiger partial charge is 0.321 e. The number of likely N-dealkylation sites (tertiary alicyclic amines) is 1. The lowest BCUT2D eigenvalue weighted by atomic mass is 10.2. The van der Waals surface area contributed by atoms with Gasteiger partial charge in [0.15, 0.2) is 6.29 Å². The van der Waals surface area contributed by atoms with Crippen molar-refractivity contribution >= 4 is 53.2 Å². The van der Waals surface area contributed by atoms with Gasteiger partial charge >= 0.3 is 11.9 Å². The normalized spacial score (nSPS) is 16.1. The number of nitrogens with two attached hydrogens (primary N) is 1. The zero-order valence-corrected chi connectivity index (χ0v) is 29.1. The topological polar surface area (TPSA) is 282 Å². The molecular formula is C30H51N5O14S. The van der Waals surface area contributed by atoms with E-state index in [1.807, 2.05) is 0 Å². The number of hydrogen-bond acceptors (Lipinski definition) is 15. The van der Waals surface area contributed by atoms with Crippen LogP contribution in [0.15, 0.2) is 0 Å². The lowest BCUT2D eigenvalue weighted by molar-refractivity contribution is -0.183. The Balaban J connectivity index is 1.97. The molecule has 0 bridgehead atoms. The lowest BCUT2D eigenvalue weighted by Crippen LogP contribution is -2.37. The molecule has 8 N–H and O–H groups in total. The predicted octanol–water partition coefficient (Wildman–Crippen LogP) is -2.76. The second-order valence-electron chi connectivity index (χ2n) is 11.0. The number of aliphatic carboxylic acids is 1. The van der Waals surface area contributed by atoms with Crippen LogP contribution >= 0.6 is 11.8 Å². The van der Waals surface area contributed by atoms with Gasteiger partial charge in [-0.1, -0.05) is 6.92 Å². The van der Waals surface area contributed by atoms with Crippen molar-refractivity contribution in [2.75, 3.05) is 71.6 Å². The largest absolute Gasteiger partial charge is 0.480 e. The third kappa shape index (κ3) is 20.3. The van der Waals surface area contributed by atoms with Crippen LogP contribution in [-0.2, 0) is 52.5 Å². The number of thioether (sulfide) groups is 1. The number of esters is 1. The summed E-state index contributed by atoms with van der Waals surface area (Å²) < 4.78 is 20.7. The van der Waals surface area contributed by atoms with E-state index in [1.54, 1.807) is 6.92 Å². The van der Waals surface area contributed by atoms with E-state index in [2.05, 4.69) is 16.0 Å². The highest BCUT2D eigenvalue weighted by molar-refractivity contribution is 8.00. The van der Waals surface area contributed by atoms with Gasteiger partial charge in [-0.05, 0) is 12.8 Å². The van der Waals surface area contributed by atoms with Gasteiger partial charge in [-0.2, -0.15) is 0 Å². The first-order valence-corrected chi connectivity index (χ1v) is 17.4. The van der Waals surface area contributed by atoms with Gasteiger partial charge in [0.05, 0.1) is 44.4 Å². The molecule has 4 atom stereocenters. The van der Waals surface area contributed by atoms with E-state index in [9.17, 15) is 38.7 Å². The third-order valence-electron chi connectivity index (χ3n) is 6.92. The van der Waals surface area contributed by atoms with Gasteiger partial charge in [0.25, 0.3) is 0 Å². The Morgan fingerprint density at radius 3 is 2.18 bits per heavy atom. The monoisotopic (exact) mass is 737 g/mol. The first kappa shape index (κ1) is 44.6. The van der Waals surface area contributed by atoms with E-state index < -0.39 is 47.4 Å². The van der Waals surface area contributed by atoms with Crippen LogP contribution in [0.5, 0.6) is 0 Å². The number of carboxylic acid groups (broad SMARTS) is 1. The molecule has 1 heterocycles. The molecule has 1 rings (SSSR count). The van der Waals surface area contributed by atoms with Gasteiger partial charge < -0.3 is 56.0 Å². The van der Waals surface area contributed by atoms with Crippen molar-refractivity contribution in [2.24, 2.45) is 5.73 Å². The molecule has 4 unspecified atom stereocenters. The minimum absolute atomic E-state index is 0.0109. The maximum absolute atomic E-state index is 12.4. The molecule has 0 radical (unpaired) electrons. The average Bonchev–Trinajstić information content (AvgIpc) is 3.36. The summed E-state index contributed by atoms with van der Waals surface area (Å²) in [6.45, 7) is 2.45. The van der Waals surface area contributed by atoms with E-state index in [0.29, 0.717) is 6.42 Å². The van der Waals surface area contributed by atoms with Crippen molar-refractivity contribution in [1.29, 1.82) is 0 Å². The van der Waals surface area contributed by atoms with Crippen molar-refractivity contribution in [2.45, 2.75) is 75.6 Å². The quantitative estimate of drug-likeness (QED) is 0.0177. The summed E-state index contributed by atoms with van der Waals surface area (Å²) >= 11 is 1.01. The molecule has 0 aromatic rings. The number of nitrogens with one attached hydrogen (secondary N) is 3. The molecule has 5 amide bonds. The molecule has 1 fully saturated rings. The molecule has 0 spiro atoms. The SMILES string of the molecule is CCC(CO)OC(O)COC(=O)CCCC(=O)NCCNC(=O)CCOCCOCCNC(=O)CCN1C(=O)CC(SCC(N)C(=O)O)C1=O. The van der Waals surface area contributed by atoms with Crippen LogP contribution in [0, 0.1) is 0 Å². The standard InChI is InChI=1S/C30H51N5O14S/c1-2-20(17-36)49-28(42)18-48-27(41)5-3-4-23(37)32-8-9-33-25(39)7-12-46-14-15-47-13-10-34-24(38)6-11-35-26(40)16-22(29(35)43)50-19-21(31)30(44)45/h20-22,28,36,42H,2-19,31H2,1H3,(H,32,37)(H,33,39)(H,34,38)(H,44,45). The predicted molar refractivity (Wildman–Crippen MR) is 176 cm³/mol. The van der Waals surface area contributed by atoms with Gasteiger partial charge in [-0.3, -0.25) is 38.5 Å². The molecule has 20 heteroatoms. The molecule has 0 saturated carbocycles. The second-order valence-corrected chi connectivity index (χ2v) is 12.2. The van der Waals surface area contributed by atoms with Crippen LogP contribution in [0.4, 0.5) is 0 Å². The number of imide groups is 1. The van der Waals surface area contributed by atoms with Gasteiger partial charge in [-0.15, -0.1) is 11.8 Å². The molecular weight excluding hydrogens is 686 g/mol. The van der Waals surface area contributed by atoms with Crippen LogP contribution in [0.2, 0.25) is 0 Å². The zero-order valence-electron chi connectivity index (χ0n) is 28.3. The summed E-state index contributed by atoms with van der Waals surface area (Å²) in [5.41, 5.74) is 5.44. The van der Waals surface area contributed by atoms with Gasteiger partial charge in [0, 0.05) is 64.0 Å². The van der Waals surface area contributed by atoms with Crippen molar-refractivity contribution in [3.63, 3.8) is 0 Å². The number of rotatable bonds is 29. The van der Waals surface area contributed by atoms with Crippen LogP contribution in [0.1, 0.15) is 51.9 Å². The Kier molecular flexibility index (Phi) is 23.6. The highest BCUT2D eigenvalue weighted by Gasteiger charge is 2.39. The summed E-state index contributed by atoms with van der Waals surface area (Å²) in [6, 6.07) is -1.14. The third-order valence-corrected chi connectivity index (χ3v) is 8.24. The van der Waals surface area contributed by atoms with E-state index in [0.717, 1.165) is 16.7 Å². The van der Waals surface area contributed by atoms with E-state index in [4.69, 9.17) is 34.9 Å². The summed E-state index contributed by atoms with van der Waals surface area (Å²) in [5.74, 6) is -3.63. The fourth-order valence-corrected chi connectivity index (χ4v) is 5.21. The van der Waals surface area contributed by atoms with Crippen molar-refractivity contribution in [3.8, 4) is 0 Å². The highest BCUT2D eigenvalue weighted by atomic mass is 32.2. The maximum atomic E-state index is 12.4. The van der Waals surface area contributed by atoms with Crippen LogP contribution in [0.3, 0.4) is 0 Å². The van der Waals surface area contributed by atoms with Crippen molar-refractivity contribution < 1.29 is 67.8 Å². The molecule has 50 heavy (non-hydrogen) atoms. The number of aliphatic hydroxyl groups is 2. The van der Waals surface area contributed by atoms with Gasteiger partial charge in [-0.25, -0.2) is 0 Å². The number of carboxylic acids is 1. The summed E-state index contributed by atoms with van der Waals surface area (Å²) in [6.07, 6.45) is -1.18. The molecule has 0 aliphatic carbocycles. The minimum Gasteiger partial charge on any atom is -0.480 e. The fraction of sp³-hybridized carbons (Fsp3) is 0.767. The molecule has 19 nitrogen and oxygen atoms in total. The first-order valence-electron chi connectivity index (χ1n) is 16.4. The Bertz CT molecular complexity index is 1100. The van der Waals surface area contributed by atoms with Gasteiger partial charge in [0.1, 0.15) is 12.6 Å². The lowest BCUT2D eigenvalue weighted by Gasteiger charge is -2.18. The summed E-state index contributed by atoms with van der Waals surface area (Å²) in [7, 11) is 0. The maximum Gasteiger partial charge on any atom is 0.321 e. The van der Waals surface area contributed by atoms with E-state index in [-0.39, 0.29) is 128 Å². The number of carbonyl (C=O) groups excluding carboxylic acids is 6. The molecule has 1 aliphatic rings. The number of ether oxygens (including phenoxy) is 4. The molecule has 286 valence electrons. The zero-order chi connectivity index (χ0) is 37.3. The number of hydrogen-bond donors (Lipinski definition) is 7. The average molecular weight is 738 g/mol. The van der Waals surface area contributed by atoms with E-state index >= 15 is 0 Å². The molecule has 0 aromatic heterocycles. The van der Waals surface area contributed by atoms with Crippen molar-refractivity contribution in [1.82, 2.24) is 20.9 Å². The highest BCUT2D eigenvalue weighted by Crippen LogP contribution is 2.25. The fourth-order valence-electron chi connectivity index (χ4n) is 4.10. The first-order chi connectivity index (χ1) is 23.9. The van der Waals surface area contributed by atoms with Crippen LogP contribution in [0.25, 0.3) is 0 Å². The molecule has 0 aromatic carbocycles. The summed E-state index contributed by atoms with van der Waals surface area (Å²) in [4.78, 5) is 84.0. The van der Waals surface area contributed by atoms with Crippen LogP contribution < -0.4 is 21.7 Å². The van der Waals surface area contributed by atoms with Gasteiger partial charge in [0.2, 0.25) is 29.5 Å². The molecule has 1 aliphatic heterocycles. The number of nitrogens with zero attached hydrogens (tertiary/aromatic N) is 1. The Morgan fingerprint density at radius 1 is 0.920 bits per heavy atom. The van der Waals surface area contributed by atoms with E-state index in [1.165, 1.54) is 0 Å². The molecule has 1 saturated heterocycles. The summed E-state index contributed by atoms with van der Waals surface area (Å²) in [5, 5.41) is 34.7. The Morgan fingerprint density at radius 2 is 1.54 bits per heavy atom. The van der Waals surface area contributed by atoms with Crippen LogP contribution in [-0.4, -0.2) is 157 Å². The Hall–Kier alpha value is -3.40. The minimum atomic E-state index is -1.35. The Labute approximate surface area is 294 Å².